The van der Waals surface area contributed by atoms with Crippen LogP contribution in [0.1, 0.15) is 51.9 Å². The first-order valence-electron chi connectivity index (χ1n) is 7.23. The Kier molecular flexibility index (Phi) is 5.63. The van der Waals surface area contributed by atoms with Crippen molar-refractivity contribution in [2.45, 2.75) is 53.2 Å². The molecular formula is C17H24ClNO3. The third kappa shape index (κ3) is 5.02. The molecule has 0 saturated carbocycles. The fourth-order valence-corrected chi connectivity index (χ4v) is 1.96. The van der Waals surface area contributed by atoms with Gasteiger partial charge in [-0.1, -0.05) is 25.4 Å². The van der Waals surface area contributed by atoms with Gasteiger partial charge < -0.3 is 10.1 Å². The van der Waals surface area contributed by atoms with Crippen LogP contribution in [0.5, 0.6) is 0 Å². The van der Waals surface area contributed by atoms with Gasteiger partial charge in [-0.05, 0) is 52.0 Å². The van der Waals surface area contributed by atoms with E-state index >= 15 is 0 Å². The summed E-state index contributed by atoms with van der Waals surface area (Å²) in [6, 6.07) is 6.35. The van der Waals surface area contributed by atoms with Gasteiger partial charge in [0.2, 0.25) is 0 Å². The van der Waals surface area contributed by atoms with Gasteiger partial charge in [-0.25, -0.2) is 4.79 Å². The number of halogens is 1. The van der Waals surface area contributed by atoms with E-state index in [0.29, 0.717) is 10.6 Å². The monoisotopic (exact) mass is 325 g/mol. The number of nitrogens with one attached hydrogen (secondary N) is 1. The van der Waals surface area contributed by atoms with Gasteiger partial charge in [0, 0.05) is 22.0 Å². The zero-order valence-electron chi connectivity index (χ0n) is 14.0. The zero-order chi connectivity index (χ0) is 17.1. The van der Waals surface area contributed by atoms with E-state index in [4.69, 9.17) is 16.3 Å². The van der Waals surface area contributed by atoms with Crippen molar-refractivity contribution in [3.63, 3.8) is 0 Å². The molecule has 4 nitrogen and oxygen atoms in total. The predicted molar refractivity (Wildman–Crippen MR) is 88.4 cm³/mol. The predicted octanol–water partition coefficient (Wildman–Crippen LogP) is 4.46. The maximum atomic E-state index is 12.7. The molecule has 1 atom stereocenters. The Hall–Kier alpha value is -1.55. The summed E-state index contributed by atoms with van der Waals surface area (Å²) in [6.45, 7) is 10.8. The first kappa shape index (κ1) is 18.5. The molecule has 0 aliphatic carbocycles. The van der Waals surface area contributed by atoms with Gasteiger partial charge in [-0.3, -0.25) is 4.79 Å². The lowest BCUT2D eigenvalue weighted by molar-refractivity contribution is 0.0460. The van der Waals surface area contributed by atoms with Crippen LogP contribution in [0.15, 0.2) is 24.3 Å². The molecule has 0 aliphatic rings. The standard InChI is InChI=1S/C17H24ClNO3/c1-11(19-15(21)22-16(2,3)4)17(5,6)14(20)12-7-9-13(18)10-8-12/h7-11H,1-6H3,(H,19,21). The van der Waals surface area contributed by atoms with Crippen LogP contribution in [0.3, 0.4) is 0 Å². The van der Waals surface area contributed by atoms with Crippen molar-refractivity contribution in [3.8, 4) is 0 Å². The van der Waals surface area contributed by atoms with Gasteiger partial charge >= 0.3 is 6.09 Å². The molecule has 0 aromatic heterocycles. The normalized spacial score (nSPS) is 13.4. The second kappa shape index (κ2) is 6.69. The summed E-state index contributed by atoms with van der Waals surface area (Å²) in [5.74, 6) is -0.0623. The summed E-state index contributed by atoms with van der Waals surface area (Å²) in [5.41, 5.74) is -0.786. The fourth-order valence-electron chi connectivity index (χ4n) is 1.83. The van der Waals surface area contributed by atoms with Crippen molar-refractivity contribution in [3.05, 3.63) is 34.9 Å². The Labute approximate surface area is 137 Å². The van der Waals surface area contributed by atoms with Crippen molar-refractivity contribution in [1.29, 1.82) is 0 Å². The fraction of sp³-hybridized carbons (Fsp3) is 0.529. The second-order valence-corrected chi connectivity index (χ2v) is 7.36. The maximum Gasteiger partial charge on any atom is 0.407 e. The zero-order valence-corrected chi connectivity index (χ0v) is 14.7. The highest BCUT2D eigenvalue weighted by Gasteiger charge is 2.36. The Bertz CT molecular complexity index is 544. The smallest absolute Gasteiger partial charge is 0.407 e. The van der Waals surface area contributed by atoms with E-state index < -0.39 is 17.1 Å². The minimum atomic E-state index is -0.773. The van der Waals surface area contributed by atoms with E-state index in [2.05, 4.69) is 5.32 Å². The van der Waals surface area contributed by atoms with E-state index in [9.17, 15) is 9.59 Å². The number of benzene rings is 1. The number of Topliss-reactive ketones (excluding diaryl/α,β-unsaturated/α-hetero) is 1. The van der Waals surface area contributed by atoms with Crippen LogP contribution in [-0.2, 0) is 4.74 Å². The molecule has 1 aromatic carbocycles. The SMILES string of the molecule is CC(NC(=O)OC(C)(C)C)C(C)(C)C(=O)c1ccc(Cl)cc1. The van der Waals surface area contributed by atoms with E-state index in [1.807, 2.05) is 0 Å². The largest absolute Gasteiger partial charge is 0.444 e. The first-order chi connectivity index (χ1) is 9.93. The highest BCUT2D eigenvalue weighted by atomic mass is 35.5. The summed E-state index contributed by atoms with van der Waals surface area (Å²) in [7, 11) is 0. The van der Waals surface area contributed by atoms with Crippen LogP contribution in [0, 0.1) is 5.41 Å². The molecule has 5 heteroatoms. The van der Waals surface area contributed by atoms with Gasteiger partial charge in [-0.15, -0.1) is 0 Å². The molecule has 0 heterocycles. The molecule has 22 heavy (non-hydrogen) atoms. The lowest BCUT2D eigenvalue weighted by Crippen LogP contribution is -2.48. The third-order valence-corrected chi connectivity index (χ3v) is 3.76. The molecule has 1 N–H and O–H groups in total. The summed E-state index contributed by atoms with van der Waals surface area (Å²) in [6.07, 6.45) is -0.531. The lowest BCUT2D eigenvalue weighted by atomic mass is 9.78. The number of hydrogen-bond donors (Lipinski definition) is 1. The Morgan fingerprint density at radius 3 is 2.05 bits per heavy atom. The van der Waals surface area contributed by atoms with Gasteiger partial charge in [0.05, 0.1) is 0 Å². The number of carbonyl (C=O) groups excluding carboxylic acids is 2. The quantitative estimate of drug-likeness (QED) is 0.831. The highest BCUT2D eigenvalue weighted by Crippen LogP contribution is 2.27. The molecule has 0 radical (unpaired) electrons. The Morgan fingerprint density at radius 1 is 1.09 bits per heavy atom. The van der Waals surface area contributed by atoms with Crippen molar-refractivity contribution in [1.82, 2.24) is 5.32 Å². The van der Waals surface area contributed by atoms with Crippen LogP contribution in [0.4, 0.5) is 4.79 Å². The summed E-state index contributed by atoms with van der Waals surface area (Å²) in [5, 5.41) is 3.31. The van der Waals surface area contributed by atoms with E-state index in [-0.39, 0.29) is 11.8 Å². The average molecular weight is 326 g/mol. The number of amides is 1. The molecule has 0 aliphatic heterocycles. The number of hydrogen-bond acceptors (Lipinski definition) is 3. The third-order valence-electron chi connectivity index (χ3n) is 3.51. The lowest BCUT2D eigenvalue weighted by Gasteiger charge is -2.32. The van der Waals surface area contributed by atoms with Crippen molar-refractivity contribution < 1.29 is 14.3 Å². The molecule has 122 valence electrons. The Balaban J connectivity index is 2.81. The molecule has 0 spiro atoms. The topological polar surface area (TPSA) is 55.4 Å². The van der Waals surface area contributed by atoms with Crippen LogP contribution < -0.4 is 5.32 Å². The molecule has 1 aromatic rings. The molecular weight excluding hydrogens is 302 g/mol. The van der Waals surface area contributed by atoms with Crippen molar-refractivity contribution >= 4 is 23.5 Å². The summed E-state index contributed by atoms with van der Waals surface area (Å²) >= 11 is 5.84. The number of ketones is 1. The van der Waals surface area contributed by atoms with Crippen LogP contribution in [0.25, 0.3) is 0 Å². The van der Waals surface area contributed by atoms with E-state index in [0.717, 1.165) is 0 Å². The number of alkyl carbamates (subject to hydrolysis) is 1. The molecule has 0 saturated heterocycles. The first-order valence-corrected chi connectivity index (χ1v) is 7.61. The van der Waals surface area contributed by atoms with Gasteiger partial charge in [-0.2, -0.15) is 0 Å². The van der Waals surface area contributed by atoms with Gasteiger partial charge in [0.25, 0.3) is 0 Å². The maximum absolute atomic E-state index is 12.7. The van der Waals surface area contributed by atoms with Crippen LogP contribution in [0.2, 0.25) is 5.02 Å². The number of ether oxygens (including phenoxy) is 1. The Morgan fingerprint density at radius 2 is 1.59 bits per heavy atom. The second-order valence-electron chi connectivity index (χ2n) is 6.93. The summed E-state index contributed by atoms with van der Waals surface area (Å²) < 4.78 is 5.23. The number of rotatable bonds is 4. The number of carbonyl (C=O) groups is 2. The minimum absolute atomic E-state index is 0.0623. The molecule has 1 unspecified atom stereocenters. The molecule has 1 amide bonds. The summed E-state index contributed by atoms with van der Waals surface area (Å²) in [4.78, 5) is 24.5. The molecule has 0 fully saturated rings. The van der Waals surface area contributed by atoms with Crippen molar-refractivity contribution in [2.24, 2.45) is 5.41 Å². The molecule has 0 bridgehead atoms. The van der Waals surface area contributed by atoms with E-state index in [1.54, 1.807) is 65.8 Å². The van der Waals surface area contributed by atoms with Gasteiger partial charge in [0.1, 0.15) is 5.60 Å². The van der Waals surface area contributed by atoms with Crippen molar-refractivity contribution in [2.75, 3.05) is 0 Å². The van der Waals surface area contributed by atoms with E-state index in [1.165, 1.54) is 0 Å². The van der Waals surface area contributed by atoms with Gasteiger partial charge in [0.15, 0.2) is 5.78 Å². The molecule has 1 rings (SSSR count). The van der Waals surface area contributed by atoms with Crippen LogP contribution >= 0.6 is 11.6 Å². The average Bonchev–Trinajstić information content (AvgIpc) is 2.36. The highest BCUT2D eigenvalue weighted by molar-refractivity contribution is 6.30. The van der Waals surface area contributed by atoms with Crippen LogP contribution in [-0.4, -0.2) is 23.5 Å². The minimum Gasteiger partial charge on any atom is -0.444 e.